The highest BCUT2D eigenvalue weighted by molar-refractivity contribution is 5.47. The number of nitrogens with two attached hydrogens (primary N) is 1. The van der Waals surface area contributed by atoms with Crippen LogP contribution in [0.1, 0.15) is 24.1 Å². The fraction of sp³-hybridized carbons (Fsp3) is 0.294. The van der Waals surface area contributed by atoms with Gasteiger partial charge in [0, 0.05) is 12.2 Å². The molecular formula is C17H22N2O. The van der Waals surface area contributed by atoms with Gasteiger partial charge >= 0.3 is 0 Å². The summed E-state index contributed by atoms with van der Waals surface area (Å²) in [6, 6.07) is 16.5. The van der Waals surface area contributed by atoms with Gasteiger partial charge in [-0.25, -0.2) is 0 Å². The van der Waals surface area contributed by atoms with Gasteiger partial charge in [-0.05, 0) is 43.7 Å². The number of anilines is 1. The van der Waals surface area contributed by atoms with Gasteiger partial charge in [0.25, 0.3) is 0 Å². The molecule has 2 rings (SSSR count). The summed E-state index contributed by atoms with van der Waals surface area (Å²) in [5, 5.41) is 3.46. The van der Waals surface area contributed by atoms with Gasteiger partial charge in [-0.15, -0.1) is 0 Å². The van der Waals surface area contributed by atoms with Crippen LogP contribution >= 0.6 is 0 Å². The van der Waals surface area contributed by atoms with E-state index >= 15 is 0 Å². The summed E-state index contributed by atoms with van der Waals surface area (Å²) in [4.78, 5) is 0. The molecule has 0 aromatic heterocycles. The van der Waals surface area contributed by atoms with E-state index in [9.17, 15) is 0 Å². The van der Waals surface area contributed by atoms with E-state index < -0.39 is 0 Å². The molecular weight excluding hydrogens is 248 g/mol. The molecule has 0 spiro atoms. The van der Waals surface area contributed by atoms with Crippen LogP contribution in [0.5, 0.6) is 5.75 Å². The summed E-state index contributed by atoms with van der Waals surface area (Å²) in [6.45, 7) is 5.26. The van der Waals surface area contributed by atoms with Gasteiger partial charge in [0.05, 0.1) is 12.6 Å². The molecule has 0 fully saturated rings. The molecule has 106 valence electrons. The second-order valence-corrected chi connectivity index (χ2v) is 4.80. The number of rotatable bonds is 6. The van der Waals surface area contributed by atoms with Crippen molar-refractivity contribution in [3.63, 3.8) is 0 Å². The summed E-state index contributed by atoms with van der Waals surface area (Å²) in [5.41, 5.74) is 9.37. The van der Waals surface area contributed by atoms with Gasteiger partial charge in [-0.1, -0.05) is 29.8 Å². The first-order valence-corrected chi connectivity index (χ1v) is 6.99. The Labute approximate surface area is 120 Å². The van der Waals surface area contributed by atoms with Gasteiger partial charge in [0.15, 0.2) is 0 Å². The zero-order valence-electron chi connectivity index (χ0n) is 12.1. The lowest BCUT2D eigenvalue weighted by atomic mass is 10.1. The summed E-state index contributed by atoms with van der Waals surface area (Å²) in [5.74, 6) is 0.883. The highest BCUT2D eigenvalue weighted by Crippen LogP contribution is 2.22. The third-order valence-corrected chi connectivity index (χ3v) is 3.20. The maximum Gasteiger partial charge on any atom is 0.119 e. The molecule has 1 unspecified atom stereocenters. The van der Waals surface area contributed by atoms with Crippen LogP contribution in [0, 0.1) is 6.92 Å². The molecule has 2 aromatic rings. The van der Waals surface area contributed by atoms with E-state index in [1.807, 2.05) is 25.1 Å². The van der Waals surface area contributed by atoms with E-state index in [4.69, 9.17) is 10.5 Å². The summed E-state index contributed by atoms with van der Waals surface area (Å²) >= 11 is 0. The summed E-state index contributed by atoms with van der Waals surface area (Å²) < 4.78 is 5.54. The molecule has 1 atom stereocenters. The smallest absolute Gasteiger partial charge is 0.119 e. The van der Waals surface area contributed by atoms with Crippen LogP contribution in [0.25, 0.3) is 0 Å². The van der Waals surface area contributed by atoms with Crippen molar-refractivity contribution in [3.05, 3.63) is 59.7 Å². The van der Waals surface area contributed by atoms with Crippen molar-refractivity contribution in [2.24, 2.45) is 5.73 Å². The van der Waals surface area contributed by atoms with Gasteiger partial charge in [-0.2, -0.15) is 0 Å². The lowest BCUT2D eigenvalue weighted by Gasteiger charge is -2.19. The molecule has 20 heavy (non-hydrogen) atoms. The Morgan fingerprint density at radius 1 is 1.15 bits per heavy atom. The SMILES string of the molecule is CCOc1cccc(C(CN)Nc2ccc(C)cc2)c1. The first-order chi connectivity index (χ1) is 9.72. The minimum Gasteiger partial charge on any atom is -0.494 e. The van der Waals surface area contributed by atoms with Gasteiger partial charge in [0.2, 0.25) is 0 Å². The third-order valence-electron chi connectivity index (χ3n) is 3.20. The molecule has 2 aromatic carbocycles. The average molecular weight is 270 g/mol. The van der Waals surface area contributed by atoms with Crippen LogP contribution in [0.2, 0.25) is 0 Å². The standard InChI is InChI=1S/C17H22N2O/c1-3-20-16-6-4-5-14(11-16)17(12-18)19-15-9-7-13(2)8-10-15/h4-11,17,19H,3,12,18H2,1-2H3. The van der Waals surface area contributed by atoms with Gasteiger partial charge < -0.3 is 15.8 Å². The van der Waals surface area contributed by atoms with E-state index in [-0.39, 0.29) is 6.04 Å². The largest absolute Gasteiger partial charge is 0.494 e. The quantitative estimate of drug-likeness (QED) is 0.844. The molecule has 0 saturated heterocycles. The molecule has 0 amide bonds. The van der Waals surface area contributed by atoms with Crippen LogP contribution < -0.4 is 15.8 Å². The predicted octanol–water partition coefficient (Wildman–Crippen LogP) is 3.51. The number of nitrogens with one attached hydrogen (secondary N) is 1. The highest BCUT2D eigenvalue weighted by Gasteiger charge is 2.10. The fourth-order valence-electron chi connectivity index (χ4n) is 2.12. The normalized spacial score (nSPS) is 11.9. The van der Waals surface area contributed by atoms with Crippen molar-refractivity contribution in [1.82, 2.24) is 0 Å². The Hall–Kier alpha value is -2.00. The molecule has 0 aliphatic carbocycles. The van der Waals surface area contributed by atoms with Crippen molar-refractivity contribution in [1.29, 1.82) is 0 Å². The maximum atomic E-state index is 5.90. The van der Waals surface area contributed by atoms with Gasteiger partial charge in [0.1, 0.15) is 5.75 Å². The fourth-order valence-corrected chi connectivity index (χ4v) is 2.12. The summed E-state index contributed by atoms with van der Waals surface area (Å²) in [7, 11) is 0. The Bertz CT molecular complexity index is 537. The van der Waals surface area contributed by atoms with E-state index in [0.29, 0.717) is 13.2 Å². The van der Waals surface area contributed by atoms with Crippen LogP contribution in [0.15, 0.2) is 48.5 Å². The Kier molecular flexibility index (Phi) is 5.02. The van der Waals surface area contributed by atoms with Crippen LogP contribution in [-0.4, -0.2) is 13.2 Å². The average Bonchev–Trinajstić information content (AvgIpc) is 2.47. The maximum absolute atomic E-state index is 5.90. The number of hydrogen-bond donors (Lipinski definition) is 2. The topological polar surface area (TPSA) is 47.3 Å². The highest BCUT2D eigenvalue weighted by atomic mass is 16.5. The van der Waals surface area contributed by atoms with Crippen LogP contribution in [0.3, 0.4) is 0 Å². The molecule has 0 aliphatic rings. The van der Waals surface area contributed by atoms with Crippen molar-refractivity contribution in [2.75, 3.05) is 18.5 Å². The third kappa shape index (κ3) is 3.75. The van der Waals surface area contributed by atoms with E-state index in [2.05, 4.69) is 42.6 Å². The molecule has 0 aliphatic heterocycles. The Balaban J connectivity index is 2.15. The molecule has 0 saturated carbocycles. The molecule has 0 heterocycles. The van der Waals surface area contributed by atoms with Gasteiger partial charge in [-0.3, -0.25) is 0 Å². The van der Waals surface area contributed by atoms with E-state index in [0.717, 1.165) is 17.0 Å². The minimum atomic E-state index is 0.0816. The Morgan fingerprint density at radius 3 is 2.55 bits per heavy atom. The first kappa shape index (κ1) is 14.4. The van der Waals surface area contributed by atoms with Crippen molar-refractivity contribution >= 4 is 5.69 Å². The Morgan fingerprint density at radius 2 is 1.90 bits per heavy atom. The van der Waals surface area contributed by atoms with Crippen LogP contribution in [-0.2, 0) is 0 Å². The molecule has 3 N–H and O–H groups in total. The number of ether oxygens (including phenoxy) is 1. The zero-order valence-corrected chi connectivity index (χ0v) is 12.1. The monoisotopic (exact) mass is 270 g/mol. The molecule has 3 heteroatoms. The second-order valence-electron chi connectivity index (χ2n) is 4.80. The second kappa shape index (κ2) is 6.96. The lowest BCUT2D eigenvalue weighted by Crippen LogP contribution is -2.20. The predicted molar refractivity (Wildman–Crippen MR) is 84.2 cm³/mol. The molecule has 3 nitrogen and oxygen atoms in total. The van der Waals surface area contributed by atoms with Crippen molar-refractivity contribution < 1.29 is 4.74 Å². The number of aryl methyl sites for hydroxylation is 1. The number of benzene rings is 2. The van der Waals surface area contributed by atoms with Crippen LogP contribution in [0.4, 0.5) is 5.69 Å². The summed E-state index contributed by atoms with van der Waals surface area (Å²) in [6.07, 6.45) is 0. The first-order valence-electron chi connectivity index (χ1n) is 6.99. The number of hydrogen-bond acceptors (Lipinski definition) is 3. The molecule has 0 bridgehead atoms. The molecule has 0 radical (unpaired) electrons. The lowest BCUT2D eigenvalue weighted by molar-refractivity contribution is 0.339. The van der Waals surface area contributed by atoms with Crippen molar-refractivity contribution in [3.8, 4) is 5.75 Å². The van der Waals surface area contributed by atoms with Crippen molar-refractivity contribution in [2.45, 2.75) is 19.9 Å². The van der Waals surface area contributed by atoms with E-state index in [1.54, 1.807) is 0 Å². The zero-order chi connectivity index (χ0) is 14.4. The van der Waals surface area contributed by atoms with E-state index in [1.165, 1.54) is 5.56 Å². The minimum absolute atomic E-state index is 0.0816.